The summed E-state index contributed by atoms with van der Waals surface area (Å²) >= 11 is 6.11. The maximum atomic E-state index is 6.11. The minimum Gasteiger partial charge on any atom is -0.383 e. The topological polar surface area (TPSA) is 50.9 Å². The first-order chi connectivity index (χ1) is 9.61. The van der Waals surface area contributed by atoms with E-state index in [1.54, 1.807) is 6.20 Å². The molecular weight excluding hydrogens is 270 g/mol. The standard InChI is InChI=1S/C16H26ClN3/c1-3-8-19-15(12-6-4-11(2)5-7-12)14-9-13(17)10-20-16(14)18/h9-12,15,19H,3-8H2,1-2H3,(H2,18,20). The Kier molecular flexibility index (Phi) is 5.67. The monoisotopic (exact) mass is 295 g/mol. The number of nitrogens with zero attached hydrogens (tertiary/aromatic N) is 1. The van der Waals surface area contributed by atoms with Crippen LogP contribution in [0.15, 0.2) is 12.3 Å². The van der Waals surface area contributed by atoms with E-state index in [9.17, 15) is 0 Å². The van der Waals surface area contributed by atoms with Gasteiger partial charge in [0.1, 0.15) is 5.82 Å². The Balaban J connectivity index is 2.20. The lowest BCUT2D eigenvalue weighted by atomic mass is 9.77. The van der Waals surface area contributed by atoms with Crippen molar-refractivity contribution in [1.82, 2.24) is 10.3 Å². The van der Waals surface area contributed by atoms with Gasteiger partial charge in [-0.3, -0.25) is 0 Å². The molecule has 0 amide bonds. The number of aromatic nitrogens is 1. The van der Waals surface area contributed by atoms with Crippen molar-refractivity contribution in [2.24, 2.45) is 11.8 Å². The second-order valence-electron chi connectivity index (χ2n) is 6.08. The molecule has 1 aromatic rings. The summed E-state index contributed by atoms with van der Waals surface area (Å²) in [6.07, 6.45) is 7.88. The molecule has 0 radical (unpaired) electrons. The van der Waals surface area contributed by atoms with Gasteiger partial charge in [0.2, 0.25) is 0 Å². The molecule has 1 aliphatic rings. The van der Waals surface area contributed by atoms with Crippen LogP contribution in [0.4, 0.5) is 5.82 Å². The maximum absolute atomic E-state index is 6.11. The zero-order chi connectivity index (χ0) is 14.5. The Bertz CT molecular complexity index is 428. The molecule has 4 heteroatoms. The van der Waals surface area contributed by atoms with Crippen molar-refractivity contribution >= 4 is 17.4 Å². The molecule has 1 atom stereocenters. The molecule has 1 aromatic heterocycles. The van der Waals surface area contributed by atoms with E-state index in [4.69, 9.17) is 17.3 Å². The molecule has 3 N–H and O–H groups in total. The number of hydrogen-bond donors (Lipinski definition) is 2. The van der Waals surface area contributed by atoms with Gasteiger partial charge in [-0.1, -0.05) is 38.3 Å². The van der Waals surface area contributed by atoms with Gasteiger partial charge < -0.3 is 11.1 Å². The molecule has 0 bridgehead atoms. The first kappa shape index (κ1) is 15.6. The highest BCUT2D eigenvalue weighted by Crippen LogP contribution is 2.38. The van der Waals surface area contributed by atoms with Crippen molar-refractivity contribution in [3.05, 3.63) is 22.8 Å². The predicted molar refractivity (Wildman–Crippen MR) is 85.8 cm³/mol. The number of nitrogens with one attached hydrogen (secondary N) is 1. The Morgan fingerprint density at radius 1 is 1.40 bits per heavy atom. The van der Waals surface area contributed by atoms with Crippen LogP contribution >= 0.6 is 11.6 Å². The molecule has 0 saturated heterocycles. The first-order valence-electron chi connectivity index (χ1n) is 7.76. The van der Waals surface area contributed by atoms with Gasteiger partial charge in [0.05, 0.1) is 5.02 Å². The number of pyridine rings is 1. The maximum Gasteiger partial charge on any atom is 0.128 e. The van der Waals surface area contributed by atoms with Gasteiger partial charge in [0, 0.05) is 17.8 Å². The number of hydrogen-bond acceptors (Lipinski definition) is 3. The lowest BCUT2D eigenvalue weighted by Gasteiger charge is -2.34. The molecule has 20 heavy (non-hydrogen) atoms. The van der Waals surface area contributed by atoms with E-state index in [2.05, 4.69) is 24.1 Å². The van der Waals surface area contributed by atoms with Crippen molar-refractivity contribution in [1.29, 1.82) is 0 Å². The largest absolute Gasteiger partial charge is 0.383 e. The Morgan fingerprint density at radius 3 is 2.75 bits per heavy atom. The number of nitrogens with two attached hydrogens (primary N) is 1. The molecule has 1 aliphatic carbocycles. The van der Waals surface area contributed by atoms with Crippen molar-refractivity contribution in [2.45, 2.75) is 52.0 Å². The Labute approximate surface area is 127 Å². The van der Waals surface area contributed by atoms with Crippen molar-refractivity contribution in [2.75, 3.05) is 12.3 Å². The molecule has 2 rings (SSSR count). The SMILES string of the molecule is CCCNC(c1cc(Cl)cnc1N)C1CCC(C)CC1. The highest BCUT2D eigenvalue weighted by molar-refractivity contribution is 6.30. The van der Waals surface area contributed by atoms with Crippen molar-refractivity contribution < 1.29 is 0 Å². The highest BCUT2D eigenvalue weighted by Gasteiger charge is 2.28. The van der Waals surface area contributed by atoms with E-state index in [1.165, 1.54) is 25.7 Å². The minimum atomic E-state index is 0.286. The molecule has 0 aliphatic heterocycles. The third-order valence-corrected chi connectivity index (χ3v) is 4.60. The third-order valence-electron chi connectivity index (χ3n) is 4.40. The van der Waals surface area contributed by atoms with Gasteiger partial charge in [-0.05, 0) is 43.7 Å². The van der Waals surface area contributed by atoms with E-state index < -0.39 is 0 Å². The summed E-state index contributed by atoms with van der Waals surface area (Å²) in [7, 11) is 0. The van der Waals surface area contributed by atoms with Crippen molar-refractivity contribution in [3.8, 4) is 0 Å². The van der Waals surface area contributed by atoms with E-state index in [1.807, 2.05) is 6.07 Å². The van der Waals surface area contributed by atoms with E-state index >= 15 is 0 Å². The van der Waals surface area contributed by atoms with E-state index in [-0.39, 0.29) is 6.04 Å². The van der Waals surface area contributed by atoms with Gasteiger partial charge in [-0.25, -0.2) is 4.98 Å². The highest BCUT2D eigenvalue weighted by atomic mass is 35.5. The van der Waals surface area contributed by atoms with E-state index in [0.717, 1.165) is 24.4 Å². The molecule has 112 valence electrons. The van der Waals surface area contributed by atoms with Crippen LogP contribution in [0.5, 0.6) is 0 Å². The smallest absolute Gasteiger partial charge is 0.128 e. The zero-order valence-electron chi connectivity index (χ0n) is 12.5. The number of halogens is 1. The summed E-state index contributed by atoms with van der Waals surface area (Å²) in [4.78, 5) is 4.22. The van der Waals surface area contributed by atoms with Gasteiger partial charge in [0.15, 0.2) is 0 Å². The van der Waals surface area contributed by atoms with Crippen LogP contribution in [0.3, 0.4) is 0 Å². The van der Waals surface area contributed by atoms with Gasteiger partial charge >= 0.3 is 0 Å². The fourth-order valence-electron chi connectivity index (χ4n) is 3.16. The Morgan fingerprint density at radius 2 is 2.10 bits per heavy atom. The summed E-state index contributed by atoms with van der Waals surface area (Å²) < 4.78 is 0. The average Bonchev–Trinajstić information content (AvgIpc) is 2.44. The summed E-state index contributed by atoms with van der Waals surface area (Å²) in [6, 6.07) is 2.27. The summed E-state index contributed by atoms with van der Waals surface area (Å²) in [6.45, 7) is 5.54. The zero-order valence-corrected chi connectivity index (χ0v) is 13.3. The predicted octanol–water partition coefficient (Wildman–Crippen LogP) is 4.18. The van der Waals surface area contributed by atoms with Gasteiger partial charge in [0.25, 0.3) is 0 Å². The van der Waals surface area contributed by atoms with Gasteiger partial charge in [-0.15, -0.1) is 0 Å². The van der Waals surface area contributed by atoms with Crippen LogP contribution in [0.1, 0.15) is 57.6 Å². The molecule has 1 unspecified atom stereocenters. The molecule has 1 saturated carbocycles. The van der Waals surface area contributed by atoms with Crippen molar-refractivity contribution in [3.63, 3.8) is 0 Å². The fraction of sp³-hybridized carbons (Fsp3) is 0.688. The van der Waals surface area contributed by atoms with Crippen LogP contribution < -0.4 is 11.1 Å². The molecule has 1 fully saturated rings. The molecule has 1 heterocycles. The molecule has 0 aromatic carbocycles. The molecule has 3 nitrogen and oxygen atoms in total. The molecular formula is C16H26ClN3. The lowest BCUT2D eigenvalue weighted by molar-refractivity contribution is 0.232. The Hall–Kier alpha value is -0.800. The van der Waals surface area contributed by atoms with Crippen LogP contribution in [0.25, 0.3) is 0 Å². The summed E-state index contributed by atoms with van der Waals surface area (Å²) in [5, 5.41) is 4.33. The number of rotatable bonds is 5. The normalized spacial score (nSPS) is 24.6. The fourth-order valence-corrected chi connectivity index (χ4v) is 3.33. The average molecular weight is 296 g/mol. The van der Waals surface area contributed by atoms with Crippen LogP contribution in [-0.4, -0.2) is 11.5 Å². The third kappa shape index (κ3) is 3.86. The first-order valence-corrected chi connectivity index (χ1v) is 8.14. The number of anilines is 1. The van der Waals surface area contributed by atoms with Crippen LogP contribution in [0, 0.1) is 11.8 Å². The quantitative estimate of drug-likeness (QED) is 0.856. The second kappa shape index (κ2) is 7.28. The van der Waals surface area contributed by atoms with Gasteiger partial charge in [-0.2, -0.15) is 0 Å². The summed E-state index contributed by atoms with van der Waals surface area (Å²) in [5.74, 6) is 2.11. The van der Waals surface area contributed by atoms with E-state index in [0.29, 0.717) is 16.8 Å². The number of nitrogen functional groups attached to an aromatic ring is 1. The lowest BCUT2D eigenvalue weighted by Crippen LogP contribution is -2.32. The summed E-state index contributed by atoms with van der Waals surface area (Å²) in [5.41, 5.74) is 7.16. The molecule has 0 spiro atoms. The minimum absolute atomic E-state index is 0.286. The second-order valence-corrected chi connectivity index (χ2v) is 6.52. The van der Waals surface area contributed by atoms with Crippen LogP contribution in [0.2, 0.25) is 5.02 Å². The van der Waals surface area contributed by atoms with Crippen LogP contribution in [-0.2, 0) is 0 Å².